The monoisotopic (exact) mass is 435 g/mol. The fourth-order valence-corrected chi connectivity index (χ4v) is 4.40. The Morgan fingerprint density at radius 2 is 1.62 bits per heavy atom. The number of aryl methyl sites for hydroxylation is 2. The van der Waals surface area contributed by atoms with Gasteiger partial charge in [0.25, 0.3) is 0 Å². The zero-order chi connectivity index (χ0) is 22.2. The molecule has 0 atom stereocenters. The Balaban J connectivity index is 1.17. The van der Waals surface area contributed by atoms with Crippen molar-refractivity contribution < 1.29 is 9.18 Å². The summed E-state index contributed by atoms with van der Waals surface area (Å²) in [5.74, 6) is 1.50. The summed E-state index contributed by atoms with van der Waals surface area (Å²) in [6, 6.07) is 10.5. The van der Waals surface area contributed by atoms with Crippen LogP contribution in [0, 0.1) is 25.6 Å². The molecule has 9 heteroatoms. The lowest BCUT2D eigenvalue weighted by Crippen LogP contribution is -2.58. The predicted molar refractivity (Wildman–Crippen MR) is 120 cm³/mol. The molecule has 3 aromatic rings. The van der Waals surface area contributed by atoms with Crippen molar-refractivity contribution in [3.63, 3.8) is 0 Å². The molecule has 1 aromatic carbocycles. The second-order valence-electron chi connectivity index (χ2n) is 8.46. The summed E-state index contributed by atoms with van der Waals surface area (Å²) in [6.45, 7) is 8.14. The summed E-state index contributed by atoms with van der Waals surface area (Å²) < 4.78 is 15.0. The van der Waals surface area contributed by atoms with Gasteiger partial charge in [0.1, 0.15) is 18.0 Å². The Hall–Kier alpha value is -3.49. The van der Waals surface area contributed by atoms with Crippen LogP contribution in [0.3, 0.4) is 0 Å². The van der Waals surface area contributed by atoms with Crippen molar-refractivity contribution in [3.05, 3.63) is 59.9 Å². The minimum atomic E-state index is -0.234. The molecule has 0 N–H and O–H groups in total. The van der Waals surface area contributed by atoms with Crippen LogP contribution in [0.25, 0.3) is 5.82 Å². The lowest BCUT2D eigenvalue weighted by atomic mass is 9.98. The van der Waals surface area contributed by atoms with Crippen LogP contribution in [0.15, 0.2) is 42.7 Å². The van der Waals surface area contributed by atoms with Crippen molar-refractivity contribution in [1.82, 2.24) is 24.6 Å². The molecule has 0 radical (unpaired) electrons. The van der Waals surface area contributed by atoms with E-state index in [0.717, 1.165) is 41.8 Å². The number of hydrogen-bond acceptors (Lipinski definition) is 6. The molecule has 2 aliphatic rings. The van der Waals surface area contributed by atoms with E-state index in [9.17, 15) is 9.18 Å². The lowest BCUT2D eigenvalue weighted by Gasteiger charge is -2.43. The van der Waals surface area contributed by atoms with Gasteiger partial charge in [0.15, 0.2) is 5.82 Å². The molecule has 0 spiro atoms. The van der Waals surface area contributed by atoms with Crippen LogP contribution in [0.4, 0.5) is 15.9 Å². The Kier molecular flexibility index (Phi) is 5.24. The van der Waals surface area contributed by atoms with E-state index in [1.807, 2.05) is 35.6 Å². The van der Waals surface area contributed by atoms with Crippen LogP contribution in [-0.4, -0.2) is 69.8 Å². The van der Waals surface area contributed by atoms with Gasteiger partial charge in [0, 0.05) is 56.7 Å². The third-order valence-corrected chi connectivity index (χ3v) is 6.20. The molecule has 2 saturated heterocycles. The summed E-state index contributed by atoms with van der Waals surface area (Å²) in [6.07, 6.45) is 1.55. The predicted octanol–water partition coefficient (Wildman–Crippen LogP) is 2.20. The van der Waals surface area contributed by atoms with Crippen LogP contribution in [0.5, 0.6) is 0 Å². The number of carbonyl (C=O) groups is 1. The van der Waals surface area contributed by atoms with Crippen molar-refractivity contribution in [1.29, 1.82) is 0 Å². The van der Waals surface area contributed by atoms with E-state index in [-0.39, 0.29) is 17.6 Å². The molecule has 2 fully saturated rings. The summed E-state index contributed by atoms with van der Waals surface area (Å²) in [5, 5.41) is 4.49. The largest absolute Gasteiger partial charge is 0.368 e. The third-order valence-electron chi connectivity index (χ3n) is 6.20. The molecule has 5 rings (SSSR count). The highest BCUT2D eigenvalue weighted by molar-refractivity contribution is 5.82. The van der Waals surface area contributed by atoms with Gasteiger partial charge in [-0.05, 0) is 44.2 Å². The number of halogens is 1. The smallest absolute Gasteiger partial charge is 0.229 e. The van der Waals surface area contributed by atoms with E-state index in [0.29, 0.717) is 26.2 Å². The molecule has 0 aliphatic carbocycles. The quantitative estimate of drug-likeness (QED) is 0.626. The van der Waals surface area contributed by atoms with E-state index in [2.05, 4.69) is 24.9 Å². The van der Waals surface area contributed by atoms with Crippen molar-refractivity contribution >= 4 is 17.4 Å². The van der Waals surface area contributed by atoms with Gasteiger partial charge in [0.2, 0.25) is 5.91 Å². The van der Waals surface area contributed by atoms with E-state index >= 15 is 0 Å². The van der Waals surface area contributed by atoms with Crippen LogP contribution in [-0.2, 0) is 4.79 Å². The minimum absolute atomic E-state index is 0.0144. The number of aromatic nitrogens is 4. The van der Waals surface area contributed by atoms with Crippen molar-refractivity contribution in [2.75, 3.05) is 49.1 Å². The number of amides is 1. The maximum Gasteiger partial charge on any atom is 0.229 e. The second-order valence-corrected chi connectivity index (χ2v) is 8.46. The zero-order valence-electron chi connectivity index (χ0n) is 18.3. The van der Waals surface area contributed by atoms with Gasteiger partial charge in [-0.15, -0.1) is 0 Å². The average molecular weight is 436 g/mol. The number of carbonyl (C=O) groups excluding carboxylic acids is 1. The van der Waals surface area contributed by atoms with Gasteiger partial charge in [-0.2, -0.15) is 5.10 Å². The van der Waals surface area contributed by atoms with Crippen molar-refractivity contribution in [3.8, 4) is 5.82 Å². The first-order chi connectivity index (χ1) is 15.5. The van der Waals surface area contributed by atoms with E-state index in [1.54, 1.807) is 18.5 Å². The molecule has 0 bridgehead atoms. The minimum Gasteiger partial charge on any atom is -0.368 e. The Morgan fingerprint density at radius 1 is 0.938 bits per heavy atom. The fourth-order valence-electron chi connectivity index (χ4n) is 4.40. The maximum absolute atomic E-state index is 13.1. The number of hydrogen-bond donors (Lipinski definition) is 0. The number of piperazine rings is 1. The maximum atomic E-state index is 13.1. The summed E-state index contributed by atoms with van der Waals surface area (Å²) in [7, 11) is 0. The van der Waals surface area contributed by atoms with Crippen LogP contribution < -0.4 is 9.80 Å². The normalized spacial score (nSPS) is 16.9. The highest BCUT2D eigenvalue weighted by Gasteiger charge is 2.37. The first-order valence-electron chi connectivity index (χ1n) is 10.9. The van der Waals surface area contributed by atoms with Crippen molar-refractivity contribution in [2.24, 2.45) is 5.92 Å². The molecule has 0 unspecified atom stereocenters. The molecule has 4 heterocycles. The second kappa shape index (κ2) is 8.22. The SMILES string of the molecule is Cc1cc(C)n(-c2cc(N3CC(C(=O)N4CCN(c5ccc(F)cc5)CC4)C3)ncn2)n1. The Labute approximate surface area is 186 Å². The van der Waals surface area contributed by atoms with Gasteiger partial charge in [-0.25, -0.2) is 19.0 Å². The van der Waals surface area contributed by atoms with E-state index < -0.39 is 0 Å². The van der Waals surface area contributed by atoms with Crippen LogP contribution in [0.1, 0.15) is 11.4 Å². The van der Waals surface area contributed by atoms with Gasteiger partial charge >= 0.3 is 0 Å². The first kappa shape index (κ1) is 20.4. The van der Waals surface area contributed by atoms with Gasteiger partial charge in [0.05, 0.1) is 11.6 Å². The highest BCUT2D eigenvalue weighted by atomic mass is 19.1. The Bertz CT molecular complexity index is 1120. The number of rotatable bonds is 4. The fraction of sp³-hybridized carbons (Fsp3) is 0.391. The van der Waals surface area contributed by atoms with Gasteiger partial charge < -0.3 is 14.7 Å². The van der Waals surface area contributed by atoms with E-state index in [4.69, 9.17) is 0 Å². The van der Waals surface area contributed by atoms with Gasteiger partial charge in [-0.1, -0.05) is 0 Å². The standard InChI is InChI=1S/C23H26FN7O/c1-16-11-17(2)31(27-16)22-12-21(25-15-26-22)30-13-18(14-30)23(32)29-9-7-28(8-10-29)20-5-3-19(24)4-6-20/h3-6,11-12,15,18H,7-10,13-14H2,1-2H3. The van der Waals surface area contributed by atoms with E-state index in [1.165, 1.54) is 12.1 Å². The molecule has 32 heavy (non-hydrogen) atoms. The summed E-state index contributed by atoms with van der Waals surface area (Å²) in [5.41, 5.74) is 2.95. The molecular formula is C23H26FN7O. The molecular weight excluding hydrogens is 409 g/mol. The average Bonchev–Trinajstić information content (AvgIpc) is 3.11. The summed E-state index contributed by atoms with van der Waals surface area (Å²) >= 11 is 0. The number of anilines is 2. The highest BCUT2D eigenvalue weighted by Crippen LogP contribution is 2.26. The molecule has 2 aromatic heterocycles. The molecule has 0 saturated carbocycles. The summed E-state index contributed by atoms with van der Waals surface area (Å²) in [4.78, 5) is 28.0. The van der Waals surface area contributed by atoms with Gasteiger partial charge in [-0.3, -0.25) is 4.79 Å². The van der Waals surface area contributed by atoms with Crippen LogP contribution in [0.2, 0.25) is 0 Å². The molecule has 1 amide bonds. The first-order valence-corrected chi connectivity index (χ1v) is 10.9. The lowest BCUT2D eigenvalue weighted by molar-refractivity contribution is -0.136. The zero-order valence-corrected chi connectivity index (χ0v) is 18.3. The molecule has 8 nitrogen and oxygen atoms in total. The van der Waals surface area contributed by atoms with Crippen molar-refractivity contribution in [2.45, 2.75) is 13.8 Å². The number of benzene rings is 1. The molecule has 166 valence electrons. The third kappa shape index (κ3) is 3.90. The number of nitrogens with zero attached hydrogens (tertiary/aromatic N) is 7. The molecule has 2 aliphatic heterocycles. The topological polar surface area (TPSA) is 70.4 Å². The van der Waals surface area contributed by atoms with Crippen LogP contribution >= 0.6 is 0 Å². The Morgan fingerprint density at radius 3 is 2.28 bits per heavy atom.